The molecule has 0 spiro atoms. The summed E-state index contributed by atoms with van der Waals surface area (Å²) < 4.78 is 19.2. The van der Waals surface area contributed by atoms with Crippen LogP contribution in [-0.4, -0.2) is 21.8 Å². The SMILES string of the molecule is Cc1cccc(CC(O)(CC(C)(C)c2cc(O)cc(F)c2)C(N)c2ccc3c(c2)COC3=O)c1. The van der Waals surface area contributed by atoms with E-state index >= 15 is 0 Å². The number of carbonyl (C=O) groups excluding carboxylic acids is 1. The Morgan fingerprint density at radius 1 is 1.12 bits per heavy atom. The van der Waals surface area contributed by atoms with E-state index in [1.54, 1.807) is 12.1 Å². The lowest BCUT2D eigenvalue weighted by molar-refractivity contribution is -0.0118. The first-order chi connectivity index (χ1) is 16.0. The highest BCUT2D eigenvalue weighted by Crippen LogP contribution is 2.41. The zero-order chi connectivity index (χ0) is 24.7. The molecule has 6 heteroatoms. The smallest absolute Gasteiger partial charge is 0.338 e. The highest BCUT2D eigenvalue weighted by molar-refractivity contribution is 5.93. The van der Waals surface area contributed by atoms with Gasteiger partial charge >= 0.3 is 5.97 Å². The van der Waals surface area contributed by atoms with Crippen LogP contribution in [0.3, 0.4) is 0 Å². The van der Waals surface area contributed by atoms with E-state index in [-0.39, 0.29) is 31.2 Å². The number of carbonyl (C=O) groups is 1. The molecule has 3 aromatic carbocycles. The zero-order valence-electron chi connectivity index (χ0n) is 19.6. The van der Waals surface area contributed by atoms with Crippen LogP contribution in [0.1, 0.15) is 64.5 Å². The van der Waals surface area contributed by atoms with Crippen LogP contribution in [0.25, 0.3) is 0 Å². The van der Waals surface area contributed by atoms with Crippen molar-refractivity contribution in [2.75, 3.05) is 0 Å². The number of phenols is 1. The first-order valence-corrected chi connectivity index (χ1v) is 11.3. The maximum absolute atomic E-state index is 14.1. The van der Waals surface area contributed by atoms with Crippen LogP contribution in [0.2, 0.25) is 0 Å². The van der Waals surface area contributed by atoms with E-state index in [1.807, 2.05) is 51.1 Å². The average molecular weight is 464 g/mol. The van der Waals surface area contributed by atoms with E-state index in [0.29, 0.717) is 16.7 Å². The van der Waals surface area contributed by atoms with Gasteiger partial charge in [0.15, 0.2) is 0 Å². The summed E-state index contributed by atoms with van der Waals surface area (Å²) in [6.07, 6.45) is 0.470. The third-order valence-corrected chi connectivity index (χ3v) is 6.65. The molecular weight excluding hydrogens is 433 g/mol. The normalized spacial score (nSPS) is 16.0. The predicted molar refractivity (Wildman–Crippen MR) is 128 cm³/mol. The number of hydrogen-bond acceptors (Lipinski definition) is 5. The van der Waals surface area contributed by atoms with Crippen molar-refractivity contribution in [3.8, 4) is 5.75 Å². The summed E-state index contributed by atoms with van der Waals surface area (Å²) in [5.74, 6) is -1.08. The van der Waals surface area contributed by atoms with Gasteiger partial charge in [-0.15, -0.1) is 0 Å². The number of cyclic esters (lactones) is 1. The molecule has 1 aliphatic rings. The first-order valence-electron chi connectivity index (χ1n) is 11.3. The number of halogens is 1. The van der Waals surface area contributed by atoms with Gasteiger partial charge in [0.05, 0.1) is 17.2 Å². The molecule has 0 fully saturated rings. The fraction of sp³-hybridized carbons (Fsp3) is 0.321. The van der Waals surface area contributed by atoms with E-state index in [4.69, 9.17) is 10.5 Å². The Kier molecular flexibility index (Phi) is 6.23. The van der Waals surface area contributed by atoms with E-state index in [1.165, 1.54) is 12.1 Å². The summed E-state index contributed by atoms with van der Waals surface area (Å²) in [7, 11) is 0. The Balaban J connectivity index is 1.74. The summed E-state index contributed by atoms with van der Waals surface area (Å²) in [4.78, 5) is 11.9. The van der Waals surface area contributed by atoms with E-state index < -0.39 is 22.9 Å². The number of hydrogen-bond donors (Lipinski definition) is 3. The van der Waals surface area contributed by atoms with Gasteiger partial charge < -0.3 is 20.7 Å². The van der Waals surface area contributed by atoms with Gasteiger partial charge in [0.2, 0.25) is 0 Å². The van der Waals surface area contributed by atoms with Crippen molar-refractivity contribution in [3.05, 3.63) is 99.9 Å². The summed E-state index contributed by atoms with van der Waals surface area (Å²) in [5, 5.41) is 22.1. The molecule has 2 unspecified atom stereocenters. The third-order valence-electron chi connectivity index (χ3n) is 6.65. The Morgan fingerprint density at radius 2 is 1.88 bits per heavy atom. The minimum atomic E-state index is -1.42. The molecule has 178 valence electrons. The number of aromatic hydroxyl groups is 1. The topological polar surface area (TPSA) is 92.8 Å². The maximum Gasteiger partial charge on any atom is 0.338 e. The van der Waals surface area contributed by atoms with Crippen LogP contribution in [-0.2, 0) is 23.2 Å². The van der Waals surface area contributed by atoms with Crippen LogP contribution in [0, 0.1) is 12.7 Å². The van der Waals surface area contributed by atoms with Crippen molar-refractivity contribution < 1.29 is 24.1 Å². The van der Waals surface area contributed by atoms with Crippen LogP contribution in [0.5, 0.6) is 5.75 Å². The molecule has 0 saturated heterocycles. The number of fused-ring (bicyclic) bond motifs is 1. The lowest BCUT2D eigenvalue weighted by atomic mass is 9.69. The lowest BCUT2D eigenvalue weighted by Crippen LogP contribution is -2.47. The predicted octanol–water partition coefficient (Wildman–Crippen LogP) is 4.85. The molecule has 34 heavy (non-hydrogen) atoms. The molecule has 4 rings (SSSR count). The van der Waals surface area contributed by atoms with Gasteiger partial charge in [0, 0.05) is 18.1 Å². The highest BCUT2D eigenvalue weighted by atomic mass is 19.1. The molecule has 3 aromatic rings. The number of esters is 1. The number of rotatable bonds is 7. The number of phenolic OH excluding ortho intramolecular Hbond substituents is 1. The number of ether oxygens (including phenoxy) is 1. The van der Waals surface area contributed by atoms with Crippen molar-refractivity contribution in [2.45, 2.75) is 57.3 Å². The molecule has 0 amide bonds. The third kappa shape index (κ3) is 4.83. The Hall–Kier alpha value is -3.22. The maximum atomic E-state index is 14.1. The van der Waals surface area contributed by atoms with Gasteiger partial charge in [0.25, 0.3) is 0 Å². The summed E-state index contributed by atoms with van der Waals surface area (Å²) >= 11 is 0. The molecule has 5 nitrogen and oxygen atoms in total. The van der Waals surface area contributed by atoms with Crippen molar-refractivity contribution in [2.24, 2.45) is 5.73 Å². The highest BCUT2D eigenvalue weighted by Gasteiger charge is 2.42. The monoisotopic (exact) mass is 463 g/mol. The van der Waals surface area contributed by atoms with Gasteiger partial charge in [-0.2, -0.15) is 0 Å². The van der Waals surface area contributed by atoms with Crippen LogP contribution in [0.4, 0.5) is 4.39 Å². The zero-order valence-corrected chi connectivity index (χ0v) is 19.6. The van der Waals surface area contributed by atoms with Gasteiger partial charge in [-0.1, -0.05) is 49.7 Å². The van der Waals surface area contributed by atoms with Crippen LogP contribution in [0.15, 0.2) is 60.7 Å². The molecule has 1 heterocycles. The van der Waals surface area contributed by atoms with Gasteiger partial charge in [-0.05, 0) is 59.7 Å². The van der Waals surface area contributed by atoms with E-state index in [0.717, 1.165) is 22.8 Å². The second-order valence-electron chi connectivity index (χ2n) is 10.00. The van der Waals surface area contributed by atoms with Gasteiger partial charge in [-0.25, -0.2) is 9.18 Å². The van der Waals surface area contributed by atoms with Crippen LogP contribution >= 0.6 is 0 Å². The minimum Gasteiger partial charge on any atom is -0.508 e. The second kappa shape index (κ2) is 8.85. The fourth-order valence-electron chi connectivity index (χ4n) is 4.95. The Morgan fingerprint density at radius 3 is 2.59 bits per heavy atom. The van der Waals surface area contributed by atoms with Crippen molar-refractivity contribution in [1.82, 2.24) is 0 Å². The number of nitrogens with two attached hydrogens (primary N) is 1. The van der Waals surface area contributed by atoms with E-state index in [2.05, 4.69) is 0 Å². The van der Waals surface area contributed by atoms with Crippen molar-refractivity contribution >= 4 is 5.97 Å². The van der Waals surface area contributed by atoms with Crippen molar-refractivity contribution in [1.29, 1.82) is 0 Å². The minimum absolute atomic E-state index is 0.169. The largest absolute Gasteiger partial charge is 0.508 e. The standard InChI is InChI=1S/C28H30FNO4/c1-17-5-4-6-18(9-17)14-28(33,16-27(2,3)21-11-22(29)13-23(31)12-21)25(30)19-7-8-24-20(10-19)15-34-26(24)32/h4-13,25,31,33H,14-16,30H2,1-3H3. The van der Waals surface area contributed by atoms with Crippen molar-refractivity contribution in [3.63, 3.8) is 0 Å². The van der Waals surface area contributed by atoms with Gasteiger partial charge in [-0.3, -0.25) is 0 Å². The molecule has 0 saturated carbocycles. The summed E-state index contributed by atoms with van der Waals surface area (Å²) in [6.45, 7) is 5.95. The van der Waals surface area contributed by atoms with E-state index in [9.17, 15) is 19.4 Å². The Bertz CT molecular complexity index is 1220. The summed E-state index contributed by atoms with van der Waals surface area (Å²) in [5.41, 5.74) is 9.09. The number of aliphatic hydroxyl groups is 1. The molecule has 1 aliphatic heterocycles. The second-order valence-corrected chi connectivity index (χ2v) is 10.00. The number of benzene rings is 3. The quantitative estimate of drug-likeness (QED) is 0.436. The molecule has 0 radical (unpaired) electrons. The molecule has 2 atom stereocenters. The Labute approximate surface area is 199 Å². The average Bonchev–Trinajstić information content (AvgIpc) is 3.12. The lowest BCUT2D eigenvalue weighted by Gasteiger charge is -2.41. The molecule has 0 bridgehead atoms. The number of aryl methyl sites for hydroxylation is 1. The van der Waals surface area contributed by atoms with Gasteiger partial charge in [0.1, 0.15) is 18.2 Å². The molecule has 4 N–H and O–H groups in total. The summed E-state index contributed by atoms with van der Waals surface area (Å²) in [6, 6.07) is 16.3. The fourth-order valence-corrected chi connectivity index (χ4v) is 4.95. The molecule has 0 aliphatic carbocycles. The molecular formula is C28H30FNO4. The molecule has 0 aromatic heterocycles. The first kappa shape index (κ1) is 23.9. The van der Waals surface area contributed by atoms with Crippen LogP contribution < -0.4 is 5.73 Å².